The summed E-state index contributed by atoms with van der Waals surface area (Å²) in [6, 6.07) is 19.4. The molecule has 2 nitrogen and oxygen atoms in total. The molecule has 0 spiro atoms. The number of benzene rings is 2. The fraction of sp³-hybridized carbons (Fsp3) is 0.227. The number of fused-ring (bicyclic) bond motifs is 3. The van der Waals surface area contributed by atoms with Gasteiger partial charge in [0.1, 0.15) is 12.1 Å². The van der Waals surface area contributed by atoms with Crippen molar-refractivity contribution in [1.29, 1.82) is 0 Å². The Morgan fingerprint density at radius 1 is 0.920 bits per heavy atom. The van der Waals surface area contributed by atoms with E-state index >= 15 is 0 Å². The van der Waals surface area contributed by atoms with Crippen molar-refractivity contribution in [3.63, 3.8) is 0 Å². The quantitative estimate of drug-likeness (QED) is 0.583. The van der Waals surface area contributed by atoms with Gasteiger partial charge in [-0.15, -0.1) is 5.30 Å². The van der Waals surface area contributed by atoms with E-state index in [1.807, 2.05) is 0 Å². The SMILES string of the molecule is Cc1c(C2=N[C@H]3c4ccccc4C[C@H]3O2)[p-]c(-c2ccccc2)c1C. The molecule has 0 saturated carbocycles. The molecule has 0 radical (unpaired) electrons. The zero-order valence-corrected chi connectivity index (χ0v) is 15.3. The van der Waals surface area contributed by atoms with Crippen LogP contribution in [-0.2, 0) is 11.2 Å². The molecule has 25 heavy (non-hydrogen) atoms. The summed E-state index contributed by atoms with van der Waals surface area (Å²) in [5.74, 6) is 0.856. The number of rotatable bonds is 2. The molecule has 3 aromatic rings. The van der Waals surface area contributed by atoms with Crippen molar-refractivity contribution in [3.05, 3.63) is 82.1 Å². The van der Waals surface area contributed by atoms with Crippen molar-refractivity contribution >= 4 is 14.1 Å². The van der Waals surface area contributed by atoms with Gasteiger partial charge in [0.2, 0.25) is 0 Å². The molecule has 0 fully saturated rings. The van der Waals surface area contributed by atoms with E-state index in [1.54, 1.807) is 0 Å². The van der Waals surface area contributed by atoms with Gasteiger partial charge in [-0.2, -0.15) is 5.30 Å². The first kappa shape index (κ1) is 15.0. The van der Waals surface area contributed by atoms with E-state index in [1.165, 1.54) is 46.6 Å². The Morgan fingerprint density at radius 3 is 2.48 bits per heavy atom. The van der Waals surface area contributed by atoms with Crippen LogP contribution in [0.1, 0.15) is 33.6 Å². The maximum atomic E-state index is 6.31. The van der Waals surface area contributed by atoms with Crippen molar-refractivity contribution in [3.8, 4) is 10.9 Å². The molecule has 2 heterocycles. The van der Waals surface area contributed by atoms with Crippen LogP contribution in [0.5, 0.6) is 0 Å². The lowest BCUT2D eigenvalue weighted by Crippen LogP contribution is -2.13. The topological polar surface area (TPSA) is 21.6 Å². The molecule has 2 aromatic carbocycles. The summed E-state index contributed by atoms with van der Waals surface area (Å²) in [5.41, 5.74) is 6.68. The first-order valence-electron chi connectivity index (χ1n) is 8.74. The molecule has 2 aliphatic rings. The standard InChI is InChI=1S/C22H19NOP/c1-13-14(2)21(25-20(13)15-8-4-3-5-9-15)22-23-19-17-11-7-6-10-16(17)12-18(19)24-22/h3-11,18-19H,12H2,1-2H3/q-1/t18-,19+/m1/s1. The molecule has 0 bridgehead atoms. The van der Waals surface area contributed by atoms with Crippen LogP contribution >= 0.6 is 8.19 Å². The Balaban J connectivity index is 1.56. The molecule has 2 atom stereocenters. The third-order valence-electron chi connectivity index (χ3n) is 5.41. The third-order valence-corrected chi connectivity index (χ3v) is 6.98. The largest absolute Gasteiger partial charge is 0.509 e. The van der Waals surface area contributed by atoms with Crippen LogP contribution in [-0.4, -0.2) is 12.0 Å². The molecule has 0 N–H and O–H groups in total. The smallest absolute Gasteiger partial charge is 0.184 e. The van der Waals surface area contributed by atoms with Gasteiger partial charge in [0.25, 0.3) is 0 Å². The van der Waals surface area contributed by atoms with Crippen LogP contribution in [0.2, 0.25) is 0 Å². The lowest BCUT2D eigenvalue weighted by atomic mass is 10.1. The summed E-state index contributed by atoms with van der Waals surface area (Å²) >= 11 is 0. The minimum Gasteiger partial charge on any atom is -0.509 e. The number of hydrogen-bond donors (Lipinski definition) is 0. The van der Waals surface area contributed by atoms with Gasteiger partial charge in [0.05, 0.1) is 0 Å². The summed E-state index contributed by atoms with van der Waals surface area (Å²) in [7, 11) is 1.21. The van der Waals surface area contributed by atoms with Crippen LogP contribution in [0.3, 0.4) is 0 Å². The van der Waals surface area contributed by atoms with Gasteiger partial charge in [-0.05, 0) is 30.5 Å². The first-order chi connectivity index (χ1) is 12.2. The van der Waals surface area contributed by atoms with Crippen LogP contribution < -0.4 is 0 Å². The molecule has 0 unspecified atom stereocenters. The number of nitrogens with zero attached hydrogens (tertiary/aromatic N) is 1. The highest BCUT2D eigenvalue weighted by Crippen LogP contribution is 2.45. The molecule has 5 rings (SSSR count). The maximum Gasteiger partial charge on any atom is 0.184 e. The summed E-state index contributed by atoms with van der Waals surface area (Å²) < 4.78 is 6.31. The Bertz CT molecular complexity index is 987. The summed E-state index contributed by atoms with van der Waals surface area (Å²) in [5, 5.41) is 2.61. The fourth-order valence-corrected chi connectivity index (χ4v) is 5.31. The predicted molar refractivity (Wildman–Crippen MR) is 104 cm³/mol. The molecule has 1 aromatic heterocycles. The second-order valence-corrected chi connectivity index (χ2v) is 7.98. The normalized spacial score (nSPS) is 21.1. The lowest BCUT2D eigenvalue weighted by Gasteiger charge is -2.13. The minimum atomic E-state index is 0.169. The monoisotopic (exact) mass is 344 g/mol. The van der Waals surface area contributed by atoms with Crippen LogP contribution in [0.15, 0.2) is 59.6 Å². The Hall–Kier alpha value is -2.31. The van der Waals surface area contributed by atoms with Crippen LogP contribution in [0.25, 0.3) is 10.9 Å². The van der Waals surface area contributed by atoms with E-state index in [4.69, 9.17) is 9.73 Å². The van der Waals surface area contributed by atoms with E-state index in [0.717, 1.165) is 12.3 Å². The van der Waals surface area contributed by atoms with E-state index in [9.17, 15) is 0 Å². The molecule has 0 amide bonds. The molecule has 0 saturated heterocycles. The summed E-state index contributed by atoms with van der Waals surface area (Å²) in [4.78, 5) is 4.99. The minimum absolute atomic E-state index is 0.169. The zero-order valence-electron chi connectivity index (χ0n) is 14.4. The average Bonchev–Trinajstić information content (AvgIpc) is 3.28. The Labute approximate surface area is 149 Å². The van der Waals surface area contributed by atoms with E-state index in [0.29, 0.717) is 0 Å². The summed E-state index contributed by atoms with van der Waals surface area (Å²) in [6.07, 6.45) is 1.14. The molecule has 3 heteroatoms. The fourth-order valence-electron chi connectivity index (χ4n) is 3.93. The second-order valence-electron chi connectivity index (χ2n) is 6.86. The van der Waals surface area contributed by atoms with Crippen molar-refractivity contribution in [2.45, 2.75) is 32.4 Å². The van der Waals surface area contributed by atoms with Crippen LogP contribution in [0, 0.1) is 13.8 Å². The Morgan fingerprint density at radius 2 is 1.64 bits per heavy atom. The van der Waals surface area contributed by atoms with Crippen molar-refractivity contribution in [1.82, 2.24) is 0 Å². The van der Waals surface area contributed by atoms with Gasteiger partial charge in [-0.1, -0.05) is 65.7 Å². The Kier molecular flexibility index (Phi) is 3.36. The zero-order chi connectivity index (χ0) is 17.0. The van der Waals surface area contributed by atoms with E-state index < -0.39 is 0 Å². The molecule has 1 aliphatic heterocycles. The van der Waals surface area contributed by atoms with Gasteiger partial charge in [-0.25, -0.2) is 4.99 Å². The molecule has 124 valence electrons. The van der Waals surface area contributed by atoms with E-state index in [2.05, 4.69) is 68.4 Å². The highest BCUT2D eigenvalue weighted by Gasteiger charge is 2.38. The van der Waals surface area contributed by atoms with Crippen molar-refractivity contribution in [2.24, 2.45) is 4.99 Å². The van der Waals surface area contributed by atoms with Crippen molar-refractivity contribution < 1.29 is 4.74 Å². The van der Waals surface area contributed by atoms with Gasteiger partial charge < -0.3 is 12.9 Å². The van der Waals surface area contributed by atoms with Gasteiger partial charge >= 0.3 is 0 Å². The number of hydrogen-bond acceptors (Lipinski definition) is 2. The highest BCUT2D eigenvalue weighted by molar-refractivity contribution is 7.36. The molecular formula is C22H19NOP-. The molecular weight excluding hydrogens is 325 g/mol. The average molecular weight is 344 g/mol. The second kappa shape index (κ2) is 5.61. The van der Waals surface area contributed by atoms with Gasteiger partial charge in [-0.3, -0.25) is 0 Å². The van der Waals surface area contributed by atoms with Crippen molar-refractivity contribution in [2.75, 3.05) is 0 Å². The molecule has 1 aliphatic carbocycles. The van der Waals surface area contributed by atoms with Gasteiger partial charge in [0.15, 0.2) is 5.90 Å². The van der Waals surface area contributed by atoms with Gasteiger partial charge in [0, 0.05) is 6.42 Å². The van der Waals surface area contributed by atoms with Crippen LogP contribution in [0.4, 0.5) is 0 Å². The number of ether oxygens (including phenoxy) is 1. The third kappa shape index (κ3) is 2.28. The first-order valence-corrected chi connectivity index (χ1v) is 9.64. The highest BCUT2D eigenvalue weighted by atomic mass is 31.0. The lowest BCUT2D eigenvalue weighted by molar-refractivity contribution is 0.207. The number of aliphatic imine (C=N–C) groups is 1. The maximum absolute atomic E-state index is 6.31. The predicted octanol–water partition coefficient (Wildman–Crippen LogP) is 5.71. The van der Waals surface area contributed by atoms with E-state index in [-0.39, 0.29) is 12.1 Å². The summed E-state index contributed by atoms with van der Waals surface area (Å²) in [6.45, 7) is 4.41.